The summed E-state index contributed by atoms with van der Waals surface area (Å²) in [6.45, 7) is 0. The minimum atomic E-state index is 0.922. The maximum absolute atomic E-state index is 2.60. The lowest BCUT2D eigenvalue weighted by Crippen LogP contribution is -2.23. The largest absolute Gasteiger partial charge is 0.0882 e. The zero-order valence-corrected chi connectivity index (χ0v) is 14.8. The van der Waals surface area contributed by atoms with Crippen LogP contribution in [0.1, 0.15) is 103 Å². The van der Waals surface area contributed by atoms with E-state index in [9.17, 15) is 0 Å². The van der Waals surface area contributed by atoms with E-state index in [0.29, 0.717) is 0 Å². The van der Waals surface area contributed by atoms with Gasteiger partial charge in [-0.25, -0.2) is 0 Å². The van der Waals surface area contributed by atoms with Crippen LogP contribution in [0.5, 0.6) is 0 Å². The zero-order chi connectivity index (χ0) is 15.0. The van der Waals surface area contributed by atoms with Crippen molar-refractivity contribution in [3.63, 3.8) is 0 Å². The van der Waals surface area contributed by atoms with Gasteiger partial charge in [-0.3, -0.25) is 0 Å². The second kappa shape index (κ2) is 9.14. The van der Waals surface area contributed by atoms with Crippen LogP contribution in [0.25, 0.3) is 0 Å². The average molecular weight is 303 g/mol. The van der Waals surface area contributed by atoms with Gasteiger partial charge >= 0.3 is 0 Å². The number of hydrogen-bond acceptors (Lipinski definition) is 0. The summed E-state index contributed by atoms with van der Waals surface area (Å²) in [6.07, 6.45) is 29.2. The van der Waals surface area contributed by atoms with Crippen molar-refractivity contribution in [3.8, 4) is 0 Å². The van der Waals surface area contributed by atoms with Crippen molar-refractivity contribution in [2.75, 3.05) is 0 Å². The highest BCUT2D eigenvalue weighted by Crippen LogP contribution is 2.40. The van der Waals surface area contributed by atoms with E-state index >= 15 is 0 Å². The molecule has 3 aliphatic carbocycles. The molecule has 0 amide bonds. The molecule has 3 fully saturated rings. The Hall–Kier alpha value is -0.260. The molecule has 0 aromatic carbocycles. The summed E-state index contributed by atoms with van der Waals surface area (Å²) >= 11 is 0. The quantitative estimate of drug-likeness (QED) is 0.468. The number of hydrogen-bond donors (Lipinski definition) is 0. The van der Waals surface area contributed by atoms with E-state index in [-0.39, 0.29) is 0 Å². The Morgan fingerprint density at radius 2 is 1.18 bits per heavy atom. The van der Waals surface area contributed by atoms with Crippen LogP contribution in [0.15, 0.2) is 12.2 Å². The van der Waals surface area contributed by atoms with Gasteiger partial charge < -0.3 is 0 Å². The lowest BCUT2D eigenvalue weighted by atomic mass is 9.71. The van der Waals surface area contributed by atoms with Crippen molar-refractivity contribution in [3.05, 3.63) is 12.2 Å². The molecule has 0 unspecified atom stereocenters. The van der Waals surface area contributed by atoms with Crippen molar-refractivity contribution in [2.24, 2.45) is 23.7 Å². The van der Waals surface area contributed by atoms with Crippen molar-refractivity contribution in [2.45, 2.75) is 103 Å². The van der Waals surface area contributed by atoms with Crippen LogP contribution in [0.3, 0.4) is 0 Å². The summed E-state index contributed by atoms with van der Waals surface area (Å²) in [6, 6.07) is 0. The molecule has 126 valence electrons. The van der Waals surface area contributed by atoms with Gasteiger partial charge in [-0.15, -0.1) is 0 Å². The molecule has 3 saturated carbocycles. The highest BCUT2D eigenvalue weighted by molar-refractivity contribution is 4.92. The highest BCUT2D eigenvalue weighted by atomic mass is 14.3. The second-order valence-electron chi connectivity index (χ2n) is 8.58. The molecule has 0 aromatic rings. The van der Waals surface area contributed by atoms with Crippen LogP contribution >= 0.6 is 0 Å². The molecule has 0 nitrogen and oxygen atoms in total. The van der Waals surface area contributed by atoms with Crippen LogP contribution in [0, 0.1) is 23.7 Å². The van der Waals surface area contributed by atoms with Gasteiger partial charge in [0, 0.05) is 0 Å². The van der Waals surface area contributed by atoms with Gasteiger partial charge in [0.2, 0.25) is 0 Å². The van der Waals surface area contributed by atoms with E-state index in [1.165, 1.54) is 89.9 Å². The van der Waals surface area contributed by atoms with Gasteiger partial charge in [-0.1, -0.05) is 76.4 Å². The van der Waals surface area contributed by atoms with Gasteiger partial charge in [0.05, 0.1) is 0 Å². The Morgan fingerprint density at radius 3 is 1.86 bits per heavy atom. The van der Waals surface area contributed by atoms with Crippen LogP contribution in [-0.2, 0) is 0 Å². The molecule has 0 spiro atoms. The first kappa shape index (κ1) is 16.6. The molecule has 3 rings (SSSR count). The fourth-order valence-electron chi connectivity index (χ4n) is 5.51. The second-order valence-corrected chi connectivity index (χ2v) is 8.58. The minimum Gasteiger partial charge on any atom is -0.0882 e. The molecule has 0 N–H and O–H groups in total. The fraction of sp³-hybridized carbons (Fsp3) is 0.909. The summed E-state index contributed by atoms with van der Waals surface area (Å²) in [5.74, 6) is 4.17. The monoisotopic (exact) mass is 302 g/mol. The average Bonchev–Trinajstić information content (AvgIpc) is 2.61. The molecule has 0 aromatic heterocycles. The molecule has 0 heterocycles. The van der Waals surface area contributed by atoms with Crippen LogP contribution < -0.4 is 0 Å². The van der Waals surface area contributed by atoms with E-state index in [4.69, 9.17) is 0 Å². The first-order chi connectivity index (χ1) is 10.9. The van der Waals surface area contributed by atoms with E-state index in [1.807, 2.05) is 0 Å². The molecular formula is C22H38. The lowest BCUT2D eigenvalue weighted by molar-refractivity contribution is 0.180. The Labute approximate surface area is 139 Å². The Kier molecular flexibility index (Phi) is 6.89. The van der Waals surface area contributed by atoms with Crippen LogP contribution in [0.2, 0.25) is 0 Å². The Balaban J connectivity index is 1.30. The zero-order valence-electron chi connectivity index (χ0n) is 14.8. The van der Waals surface area contributed by atoms with Crippen LogP contribution in [-0.4, -0.2) is 0 Å². The number of rotatable bonds is 5. The van der Waals surface area contributed by atoms with E-state index in [2.05, 4.69) is 12.2 Å². The smallest absolute Gasteiger partial charge is 0.0233 e. The van der Waals surface area contributed by atoms with Gasteiger partial charge in [0.1, 0.15) is 0 Å². The molecule has 0 saturated heterocycles. The van der Waals surface area contributed by atoms with Crippen molar-refractivity contribution < 1.29 is 0 Å². The van der Waals surface area contributed by atoms with E-state index < -0.39 is 0 Å². The molecule has 0 bridgehead atoms. The third-order valence-electron chi connectivity index (χ3n) is 7.01. The highest BCUT2D eigenvalue weighted by Gasteiger charge is 2.27. The summed E-state index contributed by atoms with van der Waals surface area (Å²) < 4.78 is 0. The summed E-state index contributed by atoms with van der Waals surface area (Å²) in [4.78, 5) is 0. The maximum atomic E-state index is 2.60. The standard InChI is InChI=1S/C22H38/c1-3-9-19(10-4-1)11-7-8-12-20-15-17-22(18-16-20)21-13-5-2-6-14-21/h8,12,19-22H,1-7,9-11,13-18H2/b12-8+. The van der Waals surface area contributed by atoms with Gasteiger partial charge in [-0.2, -0.15) is 0 Å². The van der Waals surface area contributed by atoms with Crippen molar-refractivity contribution >= 4 is 0 Å². The van der Waals surface area contributed by atoms with Gasteiger partial charge in [0.25, 0.3) is 0 Å². The molecular weight excluding hydrogens is 264 g/mol. The van der Waals surface area contributed by atoms with E-state index in [0.717, 1.165) is 23.7 Å². The number of allylic oxidation sites excluding steroid dienone is 2. The predicted octanol–water partition coefficient (Wildman–Crippen LogP) is 7.29. The van der Waals surface area contributed by atoms with Crippen molar-refractivity contribution in [1.29, 1.82) is 0 Å². The molecule has 3 aliphatic rings. The molecule has 0 heteroatoms. The SMILES string of the molecule is C(=C\C1CCC(C2CCCCC2)CC1)/CCC1CCCCC1. The predicted molar refractivity (Wildman–Crippen MR) is 97.0 cm³/mol. The van der Waals surface area contributed by atoms with Crippen LogP contribution in [0.4, 0.5) is 0 Å². The molecule has 22 heavy (non-hydrogen) atoms. The summed E-state index contributed by atoms with van der Waals surface area (Å²) in [5, 5.41) is 0. The topological polar surface area (TPSA) is 0 Å². The van der Waals surface area contributed by atoms with Gasteiger partial charge in [0.15, 0.2) is 0 Å². The minimum absolute atomic E-state index is 0.922. The fourth-order valence-corrected chi connectivity index (χ4v) is 5.51. The Bertz CT molecular complexity index is 309. The maximum Gasteiger partial charge on any atom is -0.0233 e. The molecule has 0 atom stereocenters. The Morgan fingerprint density at radius 1 is 0.591 bits per heavy atom. The molecule has 0 radical (unpaired) electrons. The van der Waals surface area contributed by atoms with Crippen molar-refractivity contribution in [1.82, 2.24) is 0 Å². The summed E-state index contributed by atoms with van der Waals surface area (Å²) in [7, 11) is 0. The normalized spacial score (nSPS) is 32.5. The first-order valence-corrected chi connectivity index (χ1v) is 10.6. The lowest BCUT2D eigenvalue weighted by Gasteiger charge is -2.35. The van der Waals surface area contributed by atoms with Gasteiger partial charge in [-0.05, 0) is 62.2 Å². The van der Waals surface area contributed by atoms with E-state index in [1.54, 1.807) is 12.8 Å². The first-order valence-electron chi connectivity index (χ1n) is 10.6. The third kappa shape index (κ3) is 5.14. The molecule has 0 aliphatic heterocycles. The third-order valence-corrected chi connectivity index (χ3v) is 7.01. The summed E-state index contributed by atoms with van der Waals surface area (Å²) in [5.41, 5.74) is 0.